The van der Waals surface area contributed by atoms with E-state index in [9.17, 15) is 4.79 Å². The third-order valence-electron chi connectivity index (χ3n) is 2.34. The lowest BCUT2D eigenvalue weighted by Gasteiger charge is -2.07. The Hall–Kier alpha value is -1.59. The largest absolute Gasteiger partial charge is 0.398 e. The number of aromatic nitrogens is 1. The summed E-state index contributed by atoms with van der Waals surface area (Å²) in [6.07, 6.45) is 1.77. The highest BCUT2D eigenvalue weighted by Crippen LogP contribution is 2.21. The van der Waals surface area contributed by atoms with Gasteiger partial charge in [-0.05, 0) is 19.1 Å². The van der Waals surface area contributed by atoms with Crippen LogP contribution >= 0.6 is 22.9 Å². The number of thiazole rings is 1. The van der Waals surface area contributed by atoms with E-state index < -0.39 is 0 Å². The number of benzene rings is 1. The van der Waals surface area contributed by atoms with Gasteiger partial charge in [0.05, 0.1) is 17.1 Å². The summed E-state index contributed by atoms with van der Waals surface area (Å²) in [6, 6.07) is 4.99. The first-order valence-corrected chi connectivity index (χ1v) is 6.51. The number of rotatable bonds is 3. The molecule has 4 nitrogen and oxygen atoms in total. The Balaban J connectivity index is 2.08. The molecule has 0 saturated carbocycles. The number of amides is 1. The smallest absolute Gasteiger partial charge is 0.255 e. The molecule has 0 spiro atoms. The summed E-state index contributed by atoms with van der Waals surface area (Å²) in [7, 11) is 0. The minimum atomic E-state index is -0.286. The van der Waals surface area contributed by atoms with E-state index in [0.29, 0.717) is 22.8 Å². The summed E-state index contributed by atoms with van der Waals surface area (Å²) >= 11 is 7.50. The fourth-order valence-electron chi connectivity index (χ4n) is 1.51. The molecule has 0 aliphatic heterocycles. The number of carbonyl (C=O) groups excluding carboxylic acids is 1. The molecule has 94 valence electrons. The Morgan fingerprint density at radius 3 is 2.94 bits per heavy atom. The van der Waals surface area contributed by atoms with Gasteiger partial charge in [0.25, 0.3) is 5.91 Å². The Kier molecular flexibility index (Phi) is 3.84. The Labute approximate surface area is 114 Å². The van der Waals surface area contributed by atoms with E-state index >= 15 is 0 Å². The standard InChI is InChI=1S/C12H12ClN3OS/c1-7-5-15-10(18-7)6-16-12(17)11-8(13)3-2-4-9(11)14/h2-5H,6,14H2,1H3,(H,16,17). The van der Waals surface area contributed by atoms with Crippen molar-refractivity contribution in [1.29, 1.82) is 0 Å². The zero-order valence-electron chi connectivity index (χ0n) is 9.74. The number of nitrogens with zero attached hydrogens (tertiary/aromatic N) is 1. The van der Waals surface area contributed by atoms with Crippen molar-refractivity contribution < 1.29 is 4.79 Å². The van der Waals surface area contributed by atoms with Gasteiger partial charge in [-0.3, -0.25) is 4.79 Å². The van der Waals surface area contributed by atoms with E-state index in [0.717, 1.165) is 9.88 Å². The van der Waals surface area contributed by atoms with Gasteiger partial charge >= 0.3 is 0 Å². The quantitative estimate of drug-likeness (QED) is 0.850. The number of nitrogen functional groups attached to an aromatic ring is 1. The van der Waals surface area contributed by atoms with Crippen LogP contribution in [0.2, 0.25) is 5.02 Å². The van der Waals surface area contributed by atoms with Crippen LogP contribution in [0.1, 0.15) is 20.2 Å². The second-order valence-electron chi connectivity index (χ2n) is 3.75. The molecule has 0 saturated heterocycles. The minimum Gasteiger partial charge on any atom is -0.398 e. The fourth-order valence-corrected chi connectivity index (χ4v) is 2.50. The van der Waals surface area contributed by atoms with Crippen molar-refractivity contribution in [3.63, 3.8) is 0 Å². The van der Waals surface area contributed by atoms with Gasteiger partial charge in [0.15, 0.2) is 0 Å². The topological polar surface area (TPSA) is 68.0 Å². The Morgan fingerprint density at radius 1 is 1.56 bits per heavy atom. The van der Waals surface area contributed by atoms with E-state index in [-0.39, 0.29) is 5.91 Å². The molecule has 0 fully saturated rings. The molecular formula is C12H12ClN3OS. The molecule has 1 amide bonds. The van der Waals surface area contributed by atoms with Gasteiger partial charge in [-0.2, -0.15) is 0 Å². The molecular weight excluding hydrogens is 270 g/mol. The van der Waals surface area contributed by atoms with Crippen molar-refractivity contribution >= 4 is 34.5 Å². The molecule has 2 aromatic rings. The van der Waals surface area contributed by atoms with E-state index in [2.05, 4.69) is 10.3 Å². The molecule has 3 N–H and O–H groups in total. The molecule has 1 heterocycles. The molecule has 18 heavy (non-hydrogen) atoms. The Morgan fingerprint density at radius 2 is 2.33 bits per heavy atom. The third-order valence-corrected chi connectivity index (χ3v) is 3.57. The van der Waals surface area contributed by atoms with Crippen LogP contribution in [0.25, 0.3) is 0 Å². The molecule has 1 aromatic carbocycles. The minimum absolute atomic E-state index is 0.286. The number of hydrogen-bond acceptors (Lipinski definition) is 4. The molecule has 0 atom stereocenters. The van der Waals surface area contributed by atoms with E-state index in [1.807, 2.05) is 6.92 Å². The summed E-state index contributed by atoms with van der Waals surface area (Å²) in [5, 5.41) is 3.96. The van der Waals surface area contributed by atoms with Gasteiger partial charge in [0.1, 0.15) is 5.01 Å². The maximum absolute atomic E-state index is 12.0. The molecule has 2 rings (SSSR count). The molecule has 0 aliphatic rings. The zero-order valence-corrected chi connectivity index (χ0v) is 11.3. The van der Waals surface area contributed by atoms with Gasteiger partial charge < -0.3 is 11.1 Å². The average molecular weight is 282 g/mol. The average Bonchev–Trinajstić information content (AvgIpc) is 2.72. The van der Waals surface area contributed by atoms with Gasteiger partial charge in [0.2, 0.25) is 0 Å². The van der Waals surface area contributed by atoms with Crippen LogP contribution in [0.4, 0.5) is 5.69 Å². The number of halogens is 1. The number of hydrogen-bond donors (Lipinski definition) is 2. The first kappa shape index (κ1) is 12.9. The van der Waals surface area contributed by atoms with Gasteiger partial charge in [0, 0.05) is 16.8 Å². The predicted molar refractivity (Wildman–Crippen MR) is 73.9 cm³/mol. The summed E-state index contributed by atoms with van der Waals surface area (Å²) in [6.45, 7) is 2.34. The van der Waals surface area contributed by atoms with Gasteiger partial charge in [-0.15, -0.1) is 11.3 Å². The highest BCUT2D eigenvalue weighted by atomic mass is 35.5. The van der Waals surface area contributed by atoms with Crippen molar-refractivity contribution in [2.45, 2.75) is 13.5 Å². The van der Waals surface area contributed by atoms with Crippen LogP contribution in [0, 0.1) is 6.92 Å². The molecule has 0 bridgehead atoms. The van der Waals surface area contributed by atoms with E-state index in [1.54, 1.807) is 35.7 Å². The summed E-state index contributed by atoms with van der Waals surface area (Å²) in [4.78, 5) is 17.2. The van der Waals surface area contributed by atoms with Crippen molar-refractivity contribution in [1.82, 2.24) is 10.3 Å². The lowest BCUT2D eigenvalue weighted by Crippen LogP contribution is -2.24. The van der Waals surface area contributed by atoms with Gasteiger partial charge in [-0.25, -0.2) is 4.98 Å². The molecule has 0 aliphatic carbocycles. The lowest BCUT2D eigenvalue weighted by molar-refractivity contribution is 0.0952. The van der Waals surface area contributed by atoms with Crippen LogP contribution in [-0.2, 0) is 6.54 Å². The molecule has 0 radical (unpaired) electrons. The first-order chi connectivity index (χ1) is 8.58. The van der Waals surface area contributed by atoms with E-state index in [1.165, 1.54) is 0 Å². The number of aryl methyl sites for hydroxylation is 1. The summed E-state index contributed by atoms with van der Waals surface area (Å²) < 4.78 is 0. The molecule has 1 aromatic heterocycles. The molecule has 6 heteroatoms. The predicted octanol–water partition coefficient (Wildman–Crippen LogP) is 2.62. The maximum atomic E-state index is 12.0. The van der Waals surface area contributed by atoms with Crippen LogP contribution in [0.5, 0.6) is 0 Å². The highest BCUT2D eigenvalue weighted by molar-refractivity contribution is 7.11. The van der Waals surface area contributed by atoms with Crippen LogP contribution in [-0.4, -0.2) is 10.9 Å². The van der Waals surface area contributed by atoms with Gasteiger partial charge in [-0.1, -0.05) is 17.7 Å². The number of nitrogens with one attached hydrogen (secondary N) is 1. The van der Waals surface area contributed by atoms with Crippen molar-refractivity contribution in [3.8, 4) is 0 Å². The second kappa shape index (κ2) is 5.37. The van der Waals surface area contributed by atoms with Crippen LogP contribution in [0.3, 0.4) is 0 Å². The summed E-state index contributed by atoms with van der Waals surface area (Å²) in [5.74, 6) is -0.286. The van der Waals surface area contributed by atoms with Crippen molar-refractivity contribution in [2.75, 3.05) is 5.73 Å². The number of anilines is 1. The number of carbonyl (C=O) groups is 1. The van der Waals surface area contributed by atoms with Crippen molar-refractivity contribution in [2.24, 2.45) is 0 Å². The second-order valence-corrected chi connectivity index (χ2v) is 5.48. The van der Waals surface area contributed by atoms with Crippen molar-refractivity contribution in [3.05, 3.63) is 44.9 Å². The summed E-state index contributed by atoms with van der Waals surface area (Å²) in [5.41, 5.74) is 6.42. The monoisotopic (exact) mass is 281 g/mol. The highest BCUT2D eigenvalue weighted by Gasteiger charge is 2.13. The fraction of sp³-hybridized carbons (Fsp3) is 0.167. The van der Waals surface area contributed by atoms with Crippen LogP contribution < -0.4 is 11.1 Å². The SMILES string of the molecule is Cc1cnc(CNC(=O)c2c(N)cccc2Cl)s1. The van der Waals surface area contributed by atoms with Crippen LogP contribution in [0.15, 0.2) is 24.4 Å². The Bertz CT molecular complexity index is 562. The normalized spacial score (nSPS) is 10.3. The third kappa shape index (κ3) is 2.80. The zero-order chi connectivity index (χ0) is 13.1. The maximum Gasteiger partial charge on any atom is 0.255 e. The first-order valence-electron chi connectivity index (χ1n) is 5.31. The number of nitrogens with two attached hydrogens (primary N) is 1. The lowest BCUT2D eigenvalue weighted by atomic mass is 10.1. The molecule has 0 unspecified atom stereocenters. The van der Waals surface area contributed by atoms with E-state index in [4.69, 9.17) is 17.3 Å².